The number of benzene rings is 2. The van der Waals surface area contributed by atoms with Crippen molar-refractivity contribution < 1.29 is 13.3 Å². The molecule has 0 bridgehead atoms. The number of rotatable bonds is 4. The van der Waals surface area contributed by atoms with Gasteiger partial charge in [-0.3, -0.25) is 14.8 Å². The molecular formula is C12H8Cl2N2O4S. The fraction of sp³-hybridized carbons (Fsp3) is 0. The molecule has 2 aromatic carbocycles. The van der Waals surface area contributed by atoms with E-state index in [1.165, 1.54) is 0 Å². The quantitative estimate of drug-likeness (QED) is 0.674. The van der Waals surface area contributed by atoms with Gasteiger partial charge in [0.1, 0.15) is 4.90 Å². The van der Waals surface area contributed by atoms with E-state index in [1.807, 2.05) is 0 Å². The van der Waals surface area contributed by atoms with Crippen molar-refractivity contribution in [2.75, 3.05) is 4.72 Å². The molecule has 2 rings (SSSR count). The van der Waals surface area contributed by atoms with E-state index in [-0.39, 0.29) is 15.7 Å². The number of para-hydroxylation sites is 1. The van der Waals surface area contributed by atoms with E-state index in [0.717, 1.165) is 12.1 Å². The largest absolute Gasteiger partial charge is 0.280 e. The first-order valence-corrected chi connectivity index (χ1v) is 7.76. The number of nitrogens with zero attached hydrogens (tertiary/aromatic N) is 1. The summed E-state index contributed by atoms with van der Waals surface area (Å²) in [5, 5.41) is 10.0. The molecular weight excluding hydrogens is 339 g/mol. The van der Waals surface area contributed by atoms with Crippen LogP contribution < -0.4 is 4.72 Å². The van der Waals surface area contributed by atoms with E-state index in [9.17, 15) is 18.5 Å². The maximum atomic E-state index is 12.3. The summed E-state index contributed by atoms with van der Waals surface area (Å²) in [6.45, 7) is 0. The van der Waals surface area contributed by atoms with Crippen LogP contribution in [-0.2, 0) is 10.0 Å². The zero-order valence-electron chi connectivity index (χ0n) is 10.3. The van der Waals surface area contributed by atoms with Gasteiger partial charge in [-0.05, 0) is 12.1 Å². The Labute approximate surface area is 130 Å². The summed E-state index contributed by atoms with van der Waals surface area (Å²) >= 11 is 11.6. The number of nitro benzene ring substituents is 1. The molecule has 0 atom stereocenters. The van der Waals surface area contributed by atoms with E-state index in [2.05, 4.69) is 4.72 Å². The lowest BCUT2D eigenvalue weighted by atomic mass is 10.3. The van der Waals surface area contributed by atoms with Crippen LogP contribution in [0.4, 0.5) is 11.4 Å². The van der Waals surface area contributed by atoms with Crippen LogP contribution in [0.2, 0.25) is 10.0 Å². The number of sulfonamides is 1. The minimum atomic E-state index is -4.05. The number of anilines is 1. The van der Waals surface area contributed by atoms with E-state index < -0.39 is 19.8 Å². The van der Waals surface area contributed by atoms with Gasteiger partial charge in [-0.1, -0.05) is 41.4 Å². The lowest BCUT2D eigenvalue weighted by Gasteiger charge is -2.10. The van der Waals surface area contributed by atoms with Crippen molar-refractivity contribution in [2.45, 2.75) is 4.90 Å². The predicted octanol–water partition coefficient (Wildman–Crippen LogP) is 3.70. The van der Waals surface area contributed by atoms with Crippen molar-refractivity contribution in [3.63, 3.8) is 0 Å². The molecule has 0 saturated carbocycles. The second-order valence-electron chi connectivity index (χ2n) is 3.97. The molecule has 0 aliphatic heterocycles. The topological polar surface area (TPSA) is 89.3 Å². The van der Waals surface area contributed by atoms with Gasteiger partial charge in [-0.2, -0.15) is 0 Å². The first-order valence-electron chi connectivity index (χ1n) is 5.52. The molecule has 21 heavy (non-hydrogen) atoms. The Bertz CT molecular complexity index is 771. The van der Waals surface area contributed by atoms with Crippen molar-refractivity contribution in [2.24, 2.45) is 0 Å². The number of hydrogen-bond donors (Lipinski definition) is 1. The third kappa shape index (κ3) is 3.44. The third-order valence-corrected chi connectivity index (χ3v) is 4.79. The molecule has 0 fully saturated rings. The number of hydrogen-bond acceptors (Lipinski definition) is 4. The van der Waals surface area contributed by atoms with Crippen LogP contribution >= 0.6 is 23.2 Å². The van der Waals surface area contributed by atoms with Gasteiger partial charge in [-0.15, -0.1) is 0 Å². The first-order chi connectivity index (χ1) is 9.81. The lowest BCUT2D eigenvalue weighted by Crippen LogP contribution is -2.14. The minimum Gasteiger partial charge on any atom is -0.280 e. The van der Waals surface area contributed by atoms with Crippen molar-refractivity contribution in [1.29, 1.82) is 0 Å². The molecule has 1 N–H and O–H groups in total. The summed E-state index contributed by atoms with van der Waals surface area (Å²) < 4.78 is 26.8. The van der Waals surface area contributed by atoms with Crippen molar-refractivity contribution in [3.05, 3.63) is 62.6 Å². The first kappa shape index (κ1) is 15.6. The van der Waals surface area contributed by atoms with E-state index in [1.54, 1.807) is 30.3 Å². The van der Waals surface area contributed by atoms with Crippen LogP contribution in [0.3, 0.4) is 0 Å². The summed E-state index contributed by atoms with van der Waals surface area (Å²) in [5.74, 6) is 0. The second-order valence-corrected chi connectivity index (χ2v) is 6.40. The van der Waals surface area contributed by atoms with E-state index >= 15 is 0 Å². The van der Waals surface area contributed by atoms with Gasteiger partial charge in [0.05, 0.1) is 15.0 Å². The molecule has 9 heteroatoms. The molecule has 0 unspecified atom stereocenters. The van der Waals surface area contributed by atoms with E-state index in [4.69, 9.17) is 23.2 Å². The lowest BCUT2D eigenvalue weighted by molar-refractivity contribution is -0.384. The Morgan fingerprint density at radius 2 is 1.57 bits per heavy atom. The highest BCUT2D eigenvalue weighted by atomic mass is 35.5. The van der Waals surface area contributed by atoms with Gasteiger partial charge < -0.3 is 0 Å². The van der Waals surface area contributed by atoms with Gasteiger partial charge >= 0.3 is 0 Å². The average Bonchev–Trinajstić information content (AvgIpc) is 2.37. The average molecular weight is 347 g/mol. The number of halogens is 2. The van der Waals surface area contributed by atoms with Crippen molar-refractivity contribution in [3.8, 4) is 0 Å². The van der Waals surface area contributed by atoms with Crippen LogP contribution in [0.1, 0.15) is 0 Å². The smallest absolute Gasteiger partial charge is 0.272 e. The zero-order chi connectivity index (χ0) is 15.6. The molecule has 0 aliphatic rings. The SMILES string of the molecule is O=[N+]([O-])c1cc(Cl)c(S(=O)(=O)Nc2ccccc2)c(Cl)c1. The van der Waals surface area contributed by atoms with Gasteiger partial charge in [0, 0.05) is 17.8 Å². The van der Waals surface area contributed by atoms with Crippen molar-refractivity contribution in [1.82, 2.24) is 0 Å². The predicted molar refractivity (Wildman–Crippen MR) is 80.4 cm³/mol. The maximum absolute atomic E-state index is 12.3. The molecule has 0 spiro atoms. The summed E-state index contributed by atoms with van der Waals surface area (Å²) in [7, 11) is -4.05. The molecule has 110 valence electrons. The highest BCUT2D eigenvalue weighted by Crippen LogP contribution is 2.34. The Kier molecular flexibility index (Phi) is 4.36. The zero-order valence-corrected chi connectivity index (χ0v) is 12.6. The number of non-ortho nitro benzene ring substituents is 1. The van der Waals surface area contributed by atoms with Crippen LogP contribution in [0.25, 0.3) is 0 Å². The Balaban J connectivity index is 2.48. The highest BCUT2D eigenvalue weighted by molar-refractivity contribution is 7.93. The fourth-order valence-electron chi connectivity index (χ4n) is 1.62. The molecule has 0 amide bonds. The summed E-state index contributed by atoms with van der Waals surface area (Å²) in [5.41, 5.74) is -0.0633. The summed E-state index contributed by atoms with van der Waals surface area (Å²) in [4.78, 5) is 9.57. The Morgan fingerprint density at radius 3 is 2.05 bits per heavy atom. The van der Waals surface area contributed by atoms with Gasteiger partial charge in [0.25, 0.3) is 15.7 Å². The van der Waals surface area contributed by atoms with Crippen LogP contribution in [0.5, 0.6) is 0 Å². The Hall–Kier alpha value is -1.83. The standard InChI is InChI=1S/C12H8Cl2N2O4S/c13-10-6-9(16(17)18)7-11(14)12(10)21(19,20)15-8-4-2-1-3-5-8/h1-7,15H. The highest BCUT2D eigenvalue weighted by Gasteiger charge is 2.25. The summed E-state index contributed by atoms with van der Waals surface area (Å²) in [6.07, 6.45) is 0. The minimum absolute atomic E-state index is 0.322. The summed E-state index contributed by atoms with van der Waals surface area (Å²) in [6, 6.07) is 9.99. The second kappa shape index (κ2) is 5.88. The van der Waals surface area contributed by atoms with E-state index in [0.29, 0.717) is 5.69 Å². The molecule has 6 nitrogen and oxygen atoms in total. The van der Waals surface area contributed by atoms with Gasteiger partial charge in [0.2, 0.25) is 0 Å². The van der Waals surface area contributed by atoms with Gasteiger partial charge in [-0.25, -0.2) is 8.42 Å². The molecule has 0 saturated heterocycles. The molecule has 0 radical (unpaired) electrons. The molecule has 0 heterocycles. The molecule has 0 aromatic heterocycles. The van der Waals surface area contributed by atoms with Crippen LogP contribution in [-0.4, -0.2) is 13.3 Å². The van der Waals surface area contributed by atoms with Crippen LogP contribution in [0.15, 0.2) is 47.4 Å². The Morgan fingerprint density at radius 1 is 1.05 bits per heavy atom. The fourth-order valence-corrected chi connectivity index (χ4v) is 3.89. The number of nitro groups is 1. The maximum Gasteiger partial charge on any atom is 0.272 e. The third-order valence-electron chi connectivity index (χ3n) is 2.49. The monoisotopic (exact) mass is 346 g/mol. The molecule has 2 aromatic rings. The molecule has 0 aliphatic carbocycles. The van der Waals surface area contributed by atoms with Crippen molar-refractivity contribution >= 4 is 44.6 Å². The van der Waals surface area contributed by atoms with Crippen LogP contribution in [0, 0.1) is 10.1 Å². The van der Waals surface area contributed by atoms with Gasteiger partial charge in [0.15, 0.2) is 0 Å². The normalized spacial score (nSPS) is 11.1. The number of nitrogens with one attached hydrogen (secondary N) is 1.